The van der Waals surface area contributed by atoms with Crippen molar-refractivity contribution in [3.8, 4) is 17.2 Å². The van der Waals surface area contributed by atoms with Crippen LogP contribution in [-0.2, 0) is 9.36 Å². The SMILES string of the molecule is CI.Cc1ccc(OP(=O)(Oc2ccc(C)cc2)Oc2ccc(C)cc2)cc1.NC=O.OCC(O)CO. The van der Waals surface area contributed by atoms with Crippen molar-refractivity contribution in [1.29, 1.82) is 0 Å². The van der Waals surface area contributed by atoms with E-state index in [1.165, 1.54) is 0 Å². The summed E-state index contributed by atoms with van der Waals surface area (Å²) in [5.74, 6) is 1.24. The van der Waals surface area contributed by atoms with E-state index in [2.05, 4.69) is 28.3 Å². The lowest BCUT2D eigenvalue weighted by Gasteiger charge is -2.19. The summed E-state index contributed by atoms with van der Waals surface area (Å²) in [6.07, 6.45) is -0.704. The summed E-state index contributed by atoms with van der Waals surface area (Å²) in [7, 11) is -3.93. The third-order valence-corrected chi connectivity index (χ3v) is 5.44. The van der Waals surface area contributed by atoms with Crippen LogP contribution in [-0.4, -0.2) is 46.0 Å². The van der Waals surface area contributed by atoms with Gasteiger partial charge in [-0.05, 0) is 62.1 Å². The fraction of sp³-hybridized carbons (Fsp3) is 0.269. The number of benzene rings is 3. The molecule has 0 aliphatic rings. The molecule has 0 unspecified atom stereocenters. The highest BCUT2D eigenvalue weighted by molar-refractivity contribution is 14.1. The largest absolute Gasteiger partial charge is 0.647 e. The van der Waals surface area contributed by atoms with Gasteiger partial charge in [-0.3, -0.25) is 4.79 Å². The predicted molar refractivity (Wildman–Crippen MR) is 153 cm³/mol. The number of aliphatic hydroxyl groups is 3. The van der Waals surface area contributed by atoms with Gasteiger partial charge in [-0.15, -0.1) is 0 Å². The maximum Gasteiger partial charge on any atom is 0.647 e. The van der Waals surface area contributed by atoms with E-state index in [-0.39, 0.29) is 19.6 Å². The zero-order valence-electron chi connectivity index (χ0n) is 21.3. The molecule has 0 atom stereocenters. The monoisotopic (exact) mass is 647 g/mol. The second-order valence-corrected chi connectivity index (χ2v) is 8.76. The first-order valence-corrected chi connectivity index (χ1v) is 14.6. The van der Waals surface area contributed by atoms with Crippen molar-refractivity contribution < 1.29 is 38.3 Å². The zero-order valence-corrected chi connectivity index (χ0v) is 24.3. The summed E-state index contributed by atoms with van der Waals surface area (Å²) >= 11 is 2.15. The Balaban J connectivity index is 0.00000101. The van der Waals surface area contributed by atoms with Crippen LogP contribution in [0.3, 0.4) is 0 Å². The van der Waals surface area contributed by atoms with Gasteiger partial charge in [-0.1, -0.05) is 75.7 Å². The minimum Gasteiger partial charge on any atom is -0.394 e. The van der Waals surface area contributed by atoms with E-state index in [9.17, 15) is 4.57 Å². The molecule has 0 aliphatic heterocycles. The molecule has 0 heterocycles. The fourth-order valence-electron chi connectivity index (χ4n) is 2.30. The molecule has 3 rings (SSSR count). The number of carbonyl (C=O) groups is 1. The van der Waals surface area contributed by atoms with Crippen molar-refractivity contribution in [2.24, 2.45) is 5.73 Å². The second kappa shape index (κ2) is 19.5. The lowest BCUT2D eigenvalue weighted by molar-refractivity contribution is -0.106. The first kappa shape index (κ1) is 34.4. The molecule has 3 aromatic carbocycles. The Morgan fingerprint density at radius 3 is 1.11 bits per heavy atom. The van der Waals surface area contributed by atoms with Gasteiger partial charge in [-0.2, -0.15) is 4.57 Å². The number of rotatable bonds is 8. The lowest BCUT2D eigenvalue weighted by Crippen LogP contribution is -2.15. The standard InChI is InChI=1S/C21H21O4P.C3H8O3.CH3I.CH3NO/c1-16-4-10-19(11-5-16)23-26(22,24-20-12-6-17(2)7-13-20)25-21-14-8-18(3)9-15-21;4-1-3(6)2-5;1-2;2-1-3/h4-15H,1-3H3;3-6H,1-2H2;1H3;1H,(H2,2,3). The molecule has 11 heteroatoms. The number of phosphoric ester groups is 1. The van der Waals surface area contributed by atoms with Crippen molar-refractivity contribution in [1.82, 2.24) is 0 Å². The number of nitrogens with two attached hydrogens (primary N) is 1. The number of primary amides is 1. The second-order valence-electron chi connectivity index (χ2n) is 7.32. The number of hydrogen-bond donors (Lipinski definition) is 4. The number of hydrogen-bond acceptors (Lipinski definition) is 8. The molecule has 0 saturated heterocycles. The third-order valence-electron chi connectivity index (χ3n) is 4.14. The van der Waals surface area contributed by atoms with Gasteiger partial charge in [-0.25, -0.2) is 0 Å². The summed E-state index contributed by atoms with van der Waals surface area (Å²) < 4.78 is 30.2. The number of alkyl halides is 1. The molecule has 204 valence electrons. The van der Waals surface area contributed by atoms with Crippen molar-refractivity contribution in [3.05, 3.63) is 89.5 Å². The molecule has 0 radical (unpaired) electrons. The van der Waals surface area contributed by atoms with Gasteiger partial charge in [0.25, 0.3) is 0 Å². The van der Waals surface area contributed by atoms with Crippen molar-refractivity contribution in [2.75, 3.05) is 18.1 Å². The van der Waals surface area contributed by atoms with E-state index >= 15 is 0 Å². The number of halogens is 1. The van der Waals surface area contributed by atoms with E-state index in [1.807, 2.05) is 62.1 Å². The third kappa shape index (κ3) is 15.3. The number of amides is 1. The minimum absolute atomic E-state index is 0.250. The van der Waals surface area contributed by atoms with Gasteiger partial charge in [0.15, 0.2) is 0 Å². The average Bonchev–Trinajstić information content (AvgIpc) is 2.90. The first-order chi connectivity index (χ1) is 17.6. The van der Waals surface area contributed by atoms with E-state index in [1.54, 1.807) is 36.4 Å². The van der Waals surface area contributed by atoms with Crippen molar-refractivity contribution in [2.45, 2.75) is 26.9 Å². The van der Waals surface area contributed by atoms with Gasteiger partial charge in [0, 0.05) is 0 Å². The summed E-state index contributed by atoms with van der Waals surface area (Å²) in [6.45, 7) is 5.17. The van der Waals surface area contributed by atoms with Crippen LogP contribution in [0.1, 0.15) is 16.7 Å². The Morgan fingerprint density at radius 2 is 0.946 bits per heavy atom. The lowest BCUT2D eigenvalue weighted by atomic mass is 10.2. The van der Waals surface area contributed by atoms with Crippen molar-refractivity contribution in [3.63, 3.8) is 0 Å². The van der Waals surface area contributed by atoms with Gasteiger partial charge < -0.3 is 34.6 Å². The maximum atomic E-state index is 13.3. The topological polar surface area (TPSA) is 149 Å². The molecule has 37 heavy (non-hydrogen) atoms. The van der Waals surface area contributed by atoms with Crippen LogP contribution in [0.2, 0.25) is 0 Å². The van der Waals surface area contributed by atoms with Crippen LogP contribution in [0.4, 0.5) is 0 Å². The molecular weight excluding hydrogens is 612 g/mol. The Hall–Kier alpha value is -2.63. The highest BCUT2D eigenvalue weighted by Crippen LogP contribution is 2.49. The number of carbonyl (C=O) groups excluding carboxylic acids is 1. The van der Waals surface area contributed by atoms with Crippen LogP contribution >= 0.6 is 30.4 Å². The van der Waals surface area contributed by atoms with E-state index in [0.717, 1.165) is 16.7 Å². The van der Waals surface area contributed by atoms with Gasteiger partial charge in [0.2, 0.25) is 6.41 Å². The van der Waals surface area contributed by atoms with Crippen LogP contribution in [0.25, 0.3) is 0 Å². The van der Waals surface area contributed by atoms with Gasteiger partial charge in [0.05, 0.1) is 13.2 Å². The molecule has 0 aliphatic carbocycles. The Labute approximate surface area is 232 Å². The molecule has 1 amide bonds. The van der Waals surface area contributed by atoms with E-state index in [0.29, 0.717) is 17.2 Å². The fourth-order valence-corrected chi connectivity index (χ4v) is 3.55. The highest BCUT2D eigenvalue weighted by Gasteiger charge is 2.33. The molecular formula is C26H35INO8P. The Bertz CT molecular complexity index is 921. The van der Waals surface area contributed by atoms with Crippen molar-refractivity contribution >= 4 is 36.8 Å². The number of phosphoric acid groups is 1. The summed E-state index contributed by atoms with van der Waals surface area (Å²) in [5.41, 5.74) is 7.39. The molecule has 9 nitrogen and oxygen atoms in total. The average molecular weight is 647 g/mol. The highest BCUT2D eigenvalue weighted by atomic mass is 127. The van der Waals surface area contributed by atoms with Gasteiger partial charge in [0.1, 0.15) is 23.4 Å². The van der Waals surface area contributed by atoms with E-state index < -0.39 is 13.9 Å². The van der Waals surface area contributed by atoms with Gasteiger partial charge >= 0.3 is 7.82 Å². The number of aliphatic hydroxyl groups excluding tert-OH is 3. The van der Waals surface area contributed by atoms with Crippen LogP contribution < -0.4 is 19.3 Å². The van der Waals surface area contributed by atoms with E-state index in [4.69, 9.17) is 33.7 Å². The normalized spacial score (nSPS) is 9.86. The molecule has 0 fully saturated rings. The summed E-state index contributed by atoms with van der Waals surface area (Å²) in [6, 6.07) is 21.6. The van der Waals surface area contributed by atoms with Crippen LogP contribution in [0.15, 0.2) is 72.8 Å². The quantitative estimate of drug-likeness (QED) is 0.119. The molecule has 0 spiro atoms. The molecule has 0 bridgehead atoms. The van der Waals surface area contributed by atoms with Crippen LogP contribution in [0.5, 0.6) is 17.2 Å². The molecule has 0 aromatic heterocycles. The Kier molecular flexibility index (Phi) is 18.1. The first-order valence-electron chi connectivity index (χ1n) is 11.0. The smallest absolute Gasteiger partial charge is 0.394 e. The maximum absolute atomic E-state index is 13.3. The predicted octanol–water partition coefficient (Wildman–Crippen LogP) is 4.74. The minimum atomic E-state index is -3.93. The summed E-state index contributed by atoms with van der Waals surface area (Å²) in [4.78, 5) is 10.6. The summed E-state index contributed by atoms with van der Waals surface area (Å²) in [5, 5.41) is 24.0. The molecule has 5 N–H and O–H groups in total. The molecule has 0 saturated carbocycles. The number of aryl methyl sites for hydroxylation is 3. The Morgan fingerprint density at radius 1 is 0.730 bits per heavy atom. The zero-order chi connectivity index (χ0) is 28.3. The molecule has 3 aromatic rings. The van der Waals surface area contributed by atoms with Crippen LogP contribution in [0, 0.1) is 20.8 Å².